The van der Waals surface area contributed by atoms with E-state index < -0.39 is 11.2 Å². The summed E-state index contributed by atoms with van der Waals surface area (Å²) >= 11 is 6.26. The summed E-state index contributed by atoms with van der Waals surface area (Å²) < 4.78 is 0.548. The number of carboxylic acid groups (broad SMARTS) is 1. The van der Waals surface area contributed by atoms with E-state index in [0.717, 1.165) is 13.1 Å². The minimum absolute atomic E-state index is 0.491. The lowest BCUT2D eigenvalue weighted by Gasteiger charge is -2.28. The summed E-state index contributed by atoms with van der Waals surface area (Å²) in [5.41, 5.74) is 3.07. The van der Waals surface area contributed by atoms with Crippen molar-refractivity contribution < 1.29 is 9.90 Å². The second-order valence-electron chi connectivity index (χ2n) is 3.55. The van der Waals surface area contributed by atoms with Gasteiger partial charge in [0.1, 0.15) is 9.57 Å². The van der Waals surface area contributed by atoms with Gasteiger partial charge in [0, 0.05) is 13.1 Å². The highest BCUT2D eigenvalue weighted by atomic mass is 32.2. The molecule has 1 fully saturated rings. The molecule has 1 atom stereocenters. The molecule has 0 aromatic carbocycles. The smallest absolute Gasteiger partial charge is 0.316 e. The molecule has 0 amide bonds. The van der Waals surface area contributed by atoms with Crippen LogP contribution in [0.4, 0.5) is 0 Å². The molecule has 0 aromatic rings. The largest absolute Gasteiger partial charge is 0.480 e. The Kier molecular flexibility index (Phi) is 5.35. The Morgan fingerprint density at radius 3 is 2.60 bits per heavy atom. The van der Waals surface area contributed by atoms with Crippen molar-refractivity contribution in [3.05, 3.63) is 0 Å². The third kappa shape index (κ3) is 4.81. The number of carbonyl (C=O) groups is 1. The third-order valence-electron chi connectivity index (χ3n) is 2.24. The predicted molar refractivity (Wildman–Crippen MR) is 65.8 cm³/mol. The van der Waals surface area contributed by atoms with Crippen molar-refractivity contribution >= 4 is 34.3 Å². The van der Waals surface area contributed by atoms with Gasteiger partial charge in [-0.1, -0.05) is 30.4 Å². The van der Waals surface area contributed by atoms with Gasteiger partial charge in [0.15, 0.2) is 0 Å². The number of thioether (sulfide) groups is 1. The molecule has 0 radical (unpaired) electrons. The van der Waals surface area contributed by atoms with Crippen LogP contribution in [0.15, 0.2) is 0 Å². The number of aliphatic carboxylic acids is 1. The van der Waals surface area contributed by atoms with Gasteiger partial charge in [-0.3, -0.25) is 4.79 Å². The zero-order chi connectivity index (χ0) is 11.3. The molecular formula is C9H16N2O2S2. The second-order valence-corrected chi connectivity index (χ2v) is 5.56. The topological polar surface area (TPSA) is 52.6 Å². The number of piperidine rings is 1. The molecule has 0 spiro atoms. The molecule has 6 heteroatoms. The van der Waals surface area contributed by atoms with Crippen LogP contribution in [0.3, 0.4) is 0 Å². The highest BCUT2D eigenvalue weighted by Gasteiger charge is 2.16. The van der Waals surface area contributed by atoms with Crippen molar-refractivity contribution in [2.75, 3.05) is 13.1 Å². The van der Waals surface area contributed by atoms with Gasteiger partial charge in [-0.2, -0.15) is 0 Å². The third-order valence-corrected chi connectivity index (χ3v) is 3.48. The fourth-order valence-corrected chi connectivity index (χ4v) is 2.54. The summed E-state index contributed by atoms with van der Waals surface area (Å²) in [6.07, 6.45) is 3.62. The monoisotopic (exact) mass is 248 g/mol. The number of rotatable bonds is 3. The van der Waals surface area contributed by atoms with E-state index in [1.165, 1.54) is 31.0 Å². The van der Waals surface area contributed by atoms with Crippen LogP contribution in [0.1, 0.15) is 26.2 Å². The maximum absolute atomic E-state index is 10.6. The van der Waals surface area contributed by atoms with Crippen LogP contribution in [0.25, 0.3) is 0 Å². The van der Waals surface area contributed by atoms with Gasteiger partial charge in [-0.05, 0) is 19.8 Å². The molecule has 1 saturated heterocycles. The van der Waals surface area contributed by atoms with Crippen LogP contribution in [0, 0.1) is 0 Å². The highest BCUT2D eigenvalue weighted by Crippen LogP contribution is 2.13. The van der Waals surface area contributed by atoms with Crippen LogP contribution >= 0.6 is 24.0 Å². The van der Waals surface area contributed by atoms with Gasteiger partial charge in [0.2, 0.25) is 0 Å². The zero-order valence-corrected chi connectivity index (χ0v) is 10.4. The summed E-state index contributed by atoms with van der Waals surface area (Å²) in [5, 5.41) is 10.3. The molecular weight excluding hydrogens is 232 g/mol. The normalized spacial score (nSPS) is 19.5. The van der Waals surface area contributed by atoms with E-state index >= 15 is 0 Å². The highest BCUT2D eigenvalue weighted by molar-refractivity contribution is 8.23. The SMILES string of the molecule is CC(SC(=S)NN1CCCCC1)C(=O)O. The molecule has 1 aliphatic rings. The van der Waals surface area contributed by atoms with Crippen LogP contribution in [-0.4, -0.2) is 38.7 Å². The summed E-state index contributed by atoms with van der Waals surface area (Å²) in [5.74, 6) is -0.831. The molecule has 1 heterocycles. The van der Waals surface area contributed by atoms with E-state index in [1.807, 2.05) is 0 Å². The lowest BCUT2D eigenvalue weighted by atomic mass is 10.2. The standard InChI is InChI=1S/C9H16N2O2S2/c1-7(8(12)13)15-9(14)10-11-5-3-2-4-6-11/h7H,2-6H2,1H3,(H,10,14)(H,12,13). The molecule has 1 unspecified atom stereocenters. The van der Waals surface area contributed by atoms with Gasteiger partial charge < -0.3 is 10.5 Å². The van der Waals surface area contributed by atoms with Gasteiger partial charge >= 0.3 is 5.97 Å². The molecule has 86 valence electrons. The van der Waals surface area contributed by atoms with E-state index in [2.05, 4.69) is 10.4 Å². The Morgan fingerprint density at radius 1 is 1.47 bits per heavy atom. The molecule has 15 heavy (non-hydrogen) atoms. The van der Waals surface area contributed by atoms with Crippen LogP contribution in [0.5, 0.6) is 0 Å². The van der Waals surface area contributed by atoms with Crippen molar-refractivity contribution in [2.24, 2.45) is 0 Å². The van der Waals surface area contributed by atoms with Gasteiger partial charge in [-0.15, -0.1) is 0 Å². The van der Waals surface area contributed by atoms with E-state index in [-0.39, 0.29) is 0 Å². The summed E-state index contributed by atoms with van der Waals surface area (Å²) in [6.45, 7) is 3.61. The molecule has 1 rings (SSSR count). The molecule has 0 saturated carbocycles. The number of hydrogen-bond acceptors (Lipinski definition) is 4. The molecule has 0 aromatic heterocycles. The first-order valence-corrected chi connectivity index (χ1v) is 6.33. The lowest BCUT2D eigenvalue weighted by molar-refractivity contribution is -0.136. The quantitative estimate of drug-likeness (QED) is 0.738. The van der Waals surface area contributed by atoms with Gasteiger partial charge in [0.05, 0.1) is 0 Å². The van der Waals surface area contributed by atoms with Crippen molar-refractivity contribution in [1.29, 1.82) is 0 Å². The Balaban J connectivity index is 2.25. The van der Waals surface area contributed by atoms with Crippen LogP contribution in [-0.2, 0) is 4.79 Å². The van der Waals surface area contributed by atoms with Crippen molar-refractivity contribution in [1.82, 2.24) is 10.4 Å². The zero-order valence-electron chi connectivity index (χ0n) is 8.73. The fraction of sp³-hybridized carbons (Fsp3) is 0.778. The van der Waals surface area contributed by atoms with E-state index in [4.69, 9.17) is 17.3 Å². The number of nitrogens with one attached hydrogen (secondary N) is 1. The van der Waals surface area contributed by atoms with E-state index in [9.17, 15) is 4.79 Å². The Labute approximate surface area is 99.4 Å². The van der Waals surface area contributed by atoms with Crippen LogP contribution < -0.4 is 5.43 Å². The van der Waals surface area contributed by atoms with Gasteiger partial charge in [-0.25, -0.2) is 5.01 Å². The number of hydrazine groups is 1. The maximum Gasteiger partial charge on any atom is 0.316 e. The number of carboxylic acids is 1. The average Bonchev–Trinajstić information content (AvgIpc) is 2.18. The molecule has 0 bridgehead atoms. The minimum atomic E-state index is -0.831. The Morgan fingerprint density at radius 2 is 2.07 bits per heavy atom. The Bertz CT molecular complexity index is 242. The van der Waals surface area contributed by atoms with E-state index in [1.54, 1.807) is 6.92 Å². The summed E-state index contributed by atoms with van der Waals surface area (Å²) in [4.78, 5) is 10.6. The van der Waals surface area contributed by atoms with Crippen molar-refractivity contribution in [3.8, 4) is 0 Å². The first kappa shape index (κ1) is 12.7. The first-order valence-electron chi connectivity index (χ1n) is 5.04. The van der Waals surface area contributed by atoms with E-state index in [0.29, 0.717) is 4.32 Å². The fourth-order valence-electron chi connectivity index (χ4n) is 1.37. The maximum atomic E-state index is 10.6. The Hall–Kier alpha value is -0.330. The van der Waals surface area contributed by atoms with Crippen molar-refractivity contribution in [3.63, 3.8) is 0 Å². The van der Waals surface area contributed by atoms with Crippen LogP contribution in [0.2, 0.25) is 0 Å². The second kappa shape index (κ2) is 6.30. The molecule has 4 nitrogen and oxygen atoms in total. The number of thiocarbonyl (C=S) groups is 1. The number of hydrogen-bond donors (Lipinski definition) is 2. The average molecular weight is 248 g/mol. The predicted octanol–water partition coefficient (Wildman–Crippen LogP) is 1.47. The first-order chi connectivity index (χ1) is 7.09. The lowest BCUT2D eigenvalue weighted by Crippen LogP contribution is -2.43. The molecule has 2 N–H and O–H groups in total. The summed E-state index contributed by atoms with van der Waals surface area (Å²) in [7, 11) is 0. The minimum Gasteiger partial charge on any atom is -0.480 e. The van der Waals surface area contributed by atoms with Crippen molar-refractivity contribution in [2.45, 2.75) is 31.4 Å². The molecule has 0 aliphatic carbocycles. The summed E-state index contributed by atoms with van der Waals surface area (Å²) in [6, 6.07) is 0. The number of nitrogens with zero attached hydrogens (tertiary/aromatic N) is 1. The van der Waals surface area contributed by atoms with Gasteiger partial charge in [0.25, 0.3) is 0 Å². The molecule has 1 aliphatic heterocycles.